The standard InChI is InChI=1S/C14H24N4O2S/c1-10(15)13-17-11(8-21-13)12(19)16-9-14(2,3)18-4-6-20-7-5-18/h8,10H,4-7,9,15H2,1-3H3,(H,16,19). The third kappa shape index (κ3) is 4.23. The molecule has 1 saturated heterocycles. The molecule has 0 aliphatic carbocycles. The molecule has 2 rings (SSSR count). The van der Waals surface area contributed by atoms with Crippen LogP contribution in [0.4, 0.5) is 0 Å². The molecule has 0 bridgehead atoms. The van der Waals surface area contributed by atoms with Gasteiger partial charge in [0.15, 0.2) is 0 Å². The maximum Gasteiger partial charge on any atom is 0.270 e. The van der Waals surface area contributed by atoms with E-state index in [2.05, 4.69) is 29.0 Å². The molecule has 1 amide bonds. The zero-order valence-corrected chi connectivity index (χ0v) is 13.7. The molecule has 118 valence electrons. The molecule has 1 aromatic rings. The van der Waals surface area contributed by atoms with Gasteiger partial charge in [-0.15, -0.1) is 11.3 Å². The maximum absolute atomic E-state index is 12.2. The van der Waals surface area contributed by atoms with E-state index >= 15 is 0 Å². The zero-order chi connectivity index (χ0) is 15.5. The maximum atomic E-state index is 12.2. The molecule has 21 heavy (non-hydrogen) atoms. The molecular formula is C14H24N4O2S. The van der Waals surface area contributed by atoms with Crippen LogP contribution in [0.15, 0.2) is 5.38 Å². The van der Waals surface area contributed by atoms with Gasteiger partial charge in [-0.2, -0.15) is 0 Å². The lowest BCUT2D eigenvalue weighted by Gasteiger charge is -2.40. The lowest BCUT2D eigenvalue weighted by atomic mass is 10.0. The summed E-state index contributed by atoms with van der Waals surface area (Å²) in [5, 5.41) is 5.52. The molecule has 1 aliphatic rings. The third-order valence-corrected chi connectivity index (χ3v) is 4.74. The summed E-state index contributed by atoms with van der Waals surface area (Å²) in [7, 11) is 0. The van der Waals surface area contributed by atoms with Crippen LogP contribution in [-0.2, 0) is 4.74 Å². The molecule has 2 heterocycles. The van der Waals surface area contributed by atoms with E-state index in [4.69, 9.17) is 10.5 Å². The molecular weight excluding hydrogens is 288 g/mol. The Bertz CT molecular complexity index is 481. The van der Waals surface area contributed by atoms with Gasteiger partial charge in [-0.3, -0.25) is 9.69 Å². The molecule has 0 radical (unpaired) electrons. The van der Waals surface area contributed by atoms with Crippen LogP contribution in [-0.4, -0.2) is 54.2 Å². The van der Waals surface area contributed by atoms with Gasteiger partial charge in [-0.1, -0.05) is 0 Å². The number of amides is 1. The molecule has 7 heteroatoms. The van der Waals surface area contributed by atoms with Gasteiger partial charge in [0.2, 0.25) is 0 Å². The molecule has 1 atom stereocenters. The highest BCUT2D eigenvalue weighted by atomic mass is 32.1. The summed E-state index contributed by atoms with van der Waals surface area (Å²) in [6, 6.07) is -0.138. The van der Waals surface area contributed by atoms with Crippen LogP contribution in [0.2, 0.25) is 0 Å². The van der Waals surface area contributed by atoms with Crippen molar-refractivity contribution >= 4 is 17.2 Å². The second-order valence-electron chi connectivity index (χ2n) is 5.95. The number of ether oxygens (including phenoxy) is 1. The van der Waals surface area contributed by atoms with Crippen LogP contribution in [0.25, 0.3) is 0 Å². The Morgan fingerprint density at radius 3 is 2.81 bits per heavy atom. The van der Waals surface area contributed by atoms with Crippen LogP contribution in [0, 0.1) is 0 Å². The highest BCUT2D eigenvalue weighted by molar-refractivity contribution is 7.09. The first kappa shape index (κ1) is 16.4. The fourth-order valence-electron chi connectivity index (χ4n) is 2.27. The Morgan fingerprint density at radius 2 is 2.24 bits per heavy atom. The smallest absolute Gasteiger partial charge is 0.270 e. The van der Waals surface area contributed by atoms with E-state index in [-0.39, 0.29) is 17.5 Å². The van der Waals surface area contributed by atoms with E-state index in [9.17, 15) is 4.79 Å². The highest BCUT2D eigenvalue weighted by Crippen LogP contribution is 2.17. The molecule has 1 aliphatic heterocycles. The van der Waals surface area contributed by atoms with Crippen LogP contribution >= 0.6 is 11.3 Å². The Morgan fingerprint density at radius 1 is 1.57 bits per heavy atom. The van der Waals surface area contributed by atoms with E-state index in [0.717, 1.165) is 31.3 Å². The van der Waals surface area contributed by atoms with E-state index in [1.54, 1.807) is 5.38 Å². The first-order chi connectivity index (χ1) is 9.90. The molecule has 6 nitrogen and oxygen atoms in total. The summed E-state index contributed by atoms with van der Waals surface area (Å²) in [6.45, 7) is 10.0. The normalized spacial score (nSPS) is 18.5. The molecule has 3 N–H and O–H groups in total. The quantitative estimate of drug-likeness (QED) is 0.848. The summed E-state index contributed by atoms with van der Waals surface area (Å²) < 4.78 is 5.37. The lowest BCUT2D eigenvalue weighted by molar-refractivity contribution is -0.00924. The summed E-state index contributed by atoms with van der Waals surface area (Å²) >= 11 is 1.42. The molecule has 0 saturated carbocycles. The number of hydrogen-bond acceptors (Lipinski definition) is 6. The van der Waals surface area contributed by atoms with Crippen molar-refractivity contribution in [1.29, 1.82) is 0 Å². The predicted molar refractivity (Wildman–Crippen MR) is 83.5 cm³/mol. The van der Waals surface area contributed by atoms with Crippen molar-refractivity contribution in [3.63, 3.8) is 0 Å². The van der Waals surface area contributed by atoms with Crippen molar-refractivity contribution in [3.05, 3.63) is 16.1 Å². The Balaban J connectivity index is 1.90. The SMILES string of the molecule is CC(N)c1nc(C(=O)NCC(C)(C)N2CCOCC2)cs1. The summed E-state index contributed by atoms with van der Waals surface area (Å²) in [5.41, 5.74) is 6.12. The van der Waals surface area contributed by atoms with Crippen molar-refractivity contribution in [2.75, 3.05) is 32.8 Å². The molecule has 1 unspecified atom stereocenters. The number of morpholine rings is 1. The number of hydrogen-bond donors (Lipinski definition) is 2. The highest BCUT2D eigenvalue weighted by Gasteiger charge is 2.29. The number of rotatable bonds is 5. The molecule has 1 aromatic heterocycles. The summed E-state index contributed by atoms with van der Waals surface area (Å²) in [4.78, 5) is 18.8. The van der Waals surface area contributed by atoms with Gasteiger partial charge >= 0.3 is 0 Å². The minimum Gasteiger partial charge on any atom is -0.379 e. The van der Waals surface area contributed by atoms with Crippen molar-refractivity contribution in [3.8, 4) is 0 Å². The van der Waals surface area contributed by atoms with Crippen LogP contribution in [0.5, 0.6) is 0 Å². The van der Waals surface area contributed by atoms with E-state index in [0.29, 0.717) is 12.2 Å². The van der Waals surface area contributed by atoms with Gasteiger partial charge in [-0.25, -0.2) is 4.98 Å². The number of aromatic nitrogens is 1. The Kier molecular flexibility index (Phi) is 5.32. The van der Waals surface area contributed by atoms with Gasteiger partial charge in [0.1, 0.15) is 10.7 Å². The average molecular weight is 312 g/mol. The fraction of sp³-hybridized carbons (Fsp3) is 0.714. The van der Waals surface area contributed by atoms with Crippen molar-refractivity contribution in [1.82, 2.24) is 15.2 Å². The minimum absolute atomic E-state index is 0.0978. The van der Waals surface area contributed by atoms with Crippen LogP contribution < -0.4 is 11.1 Å². The largest absolute Gasteiger partial charge is 0.379 e. The fourth-order valence-corrected chi connectivity index (χ4v) is 3.03. The second kappa shape index (κ2) is 6.83. The molecule has 0 aromatic carbocycles. The van der Waals surface area contributed by atoms with E-state index in [1.807, 2.05) is 6.92 Å². The molecule has 0 spiro atoms. The third-order valence-electron chi connectivity index (χ3n) is 3.69. The minimum atomic E-state index is -0.139. The van der Waals surface area contributed by atoms with Gasteiger partial charge in [0.05, 0.1) is 19.3 Å². The Hall–Kier alpha value is -1.02. The second-order valence-corrected chi connectivity index (χ2v) is 6.84. The summed E-state index contributed by atoms with van der Waals surface area (Å²) in [6.07, 6.45) is 0. The number of carbonyl (C=O) groups is 1. The number of nitrogens with zero attached hydrogens (tertiary/aromatic N) is 2. The average Bonchev–Trinajstić information content (AvgIpc) is 2.96. The van der Waals surface area contributed by atoms with Crippen molar-refractivity contribution in [2.24, 2.45) is 5.73 Å². The molecule has 1 fully saturated rings. The summed E-state index contributed by atoms with van der Waals surface area (Å²) in [5.74, 6) is -0.139. The lowest BCUT2D eigenvalue weighted by Crippen LogP contribution is -2.55. The van der Waals surface area contributed by atoms with E-state index < -0.39 is 0 Å². The van der Waals surface area contributed by atoms with Crippen LogP contribution in [0.1, 0.15) is 42.3 Å². The number of thiazole rings is 1. The van der Waals surface area contributed by atoms with Crippen LogP contribution in [0.3, 0.4) is 0 Å². The number of nitrogens with one attached hydrogen (secondary N) is 1. The van der Waals surface area contributed by atoms with Gasteiger partial charge < -0.3 is 15.8 Å². The first-order valence-corrected chi connectivity index (χ1v) is 8.10. The Labute approximate surface area is 129 Å². The van der Waals surface area contributed by atoms with Crippen molar-refractivity contribution < 1.29 is 9.53 Å². The predicted octanol–water partition coefficient (Wildman–Crippen LogP) is 1.00. The van der Waals surface area contributed by atoms with Crippen molar-refractivity contribution in [2.45, 2.75) is 32.4 Å². The zero-order valence-electron chi connectivity index (χ0n) is 12.9. The monoisotopic (exact) mass is 312 g/mol. The van der Waals surface area contributed by atoms with Gasteiger partial charge in [0, 0.05) is 30.6 Å². The van der Waals surface area contributed by atoms with Gasteiger partial charge in [-0.05, 0) is 20.8 Å². The van der Waals surface area contributed by atoms with E-state index in [1.165, 1.54) is 11.3 Å². The van der Waals surface area contributed by atoms with Gasteiger partial charge in [0.25, 0.3) is 5.91 Å². The number of carbonyl (C=O) groups excluding carboxylic acids is 1. The topological polar surface area (TPSA) is 80.5 Å². The first-order valence-electron chi connectivity index (χ1n) is 7.22. The number of nitrogens with two attached hydrogens (primary N) is 1.